The summed E-state index contributed by atoms with van der Waals surface area (Å²) in [5, 5.41) is 21.2. The summed E-state index contributed by atoms with van der Waals surface area (Å²) in [7, 11) is 0. The van der Waals surface area contributed by atoms with Gasteiger partial charge in [-0.15, -0.1) is 0 Å². The average Bonchev–Trinajstić information content (AvgIpc) is 2.46. The molecule has 2 aromatic rings. The number of nitrogens with one attached hydrogen (secondary N) is 1. The third-order valence-electron chi connectivity index (χ3n) is 3.44. The highest BCUT2D eigenvalue weighted by Gasteiger charge is 2.19. The molecule has 0 aliphatic carbocycles. The summed E-state index contributed by atoms with van der Waals surface area (Å²) in [6, 6.07) is 1.59. The molecule has 0 spiro atoms. The Balaban J connectivity index is 2.42. The van der Waals surface area contributed by atoms with Gasteiger partial charge in [0.2, 0.25) is 5.91 Å². The predicted octanol–water partition coefficient (Wildman–Crippen LogP) is 1.59. The molecular weight excluding hydrogens is 326 g/mol. The van der Waals surface area contributed by atoms with E-state index in [9.17, 15) is 19.5 Å². The lowest BCUT2D eigenvalue weighted by Crippen LogP contribution is -2.39. The number of aromatic hydroxyl groups is 1. The van der Waals surface area contributed by atoms with E-state index in [0.29, 0.717) is 10.9 Å². The number of benzene rings is 1. The molecule has 8 heteroatoms. The number of carboxylic acids is 1. The van der Waals surface area contributed by atoms with Crippen LogP contribution >= 0.6 is 11.6 Å². The van der Waals surface area contributed by atoms with Crippen molar-refractivity contribution in [2.24, 2.45) is 0 Å². The summed E-state index contributed by atoms with van der Waals surface area (Å²) < 4.78 is 5.09. The number of carbonyl (C=O) groups is 2. The third kappa shape index (κ3) is 3.45. The first-order chi connectivity index (χ1) is 10.7. The Morgan fingerprint density at radius 3 is 2.65 bits per heavy atom. The maximum atomic E-state index is 12.0. The van der Waals surface area contributed by atoms with E-state index in [1.807, 2.05) is 0 Å². The van der Waals surface area contributed by atoms with Crippen molar-refractivity contribution in [1.82, 2.24) is 5.32 Å². The van der Waals surface area contributed by atoms with Gasteiger partial charge in [0.1, 0.15) is 17.4 Å². The first-order valence-electron chi connectivity index (χ1n) is 6.67. The van der Waals surface area contributed by atoms with E-state index in [4.69, 9.17) is 21.1 Å². The lowest BCUT2D eigenvalue weighted by molar-refractivity contribution is -0.141. The maximum Gasteiger partial charge on any atom is 0.340 e. The van der Waals surface area contributed by atoms with Crippen molar-refractivity contribution in [3.63, 3.8) is 0 Å². The minimum Gasteiger partial charge on any atom is -0.506 e. The number of fused-ring (bicyclic) bond motifs is 1. The molecule has 23 heavy (non-hydrogen) atoms. The molecular formula is C15H14ClNO6. The molecule has 0 aliphatic heterocycles. The summed E-state index contributed by atoms with van der Waals surface area (Å²) in [6.45, 7) is 2.94. The van der Waals surface area contributed by atoms with E-state index in [1.54, 1.807) is 6.92 Å². The van der Waals surface area contributed by atoms with Gasteiger partial charge in [0.15, 0.2) is 0 Å². The second-order valence-electron chi connectivity index (χ2n) is 5.10. The Morgan fingerprint density at radius 1 is 1.39 bits per heavy atom. The van der Waals surface area contributed by atoms with Crippen LogP contribution in [-0.4, -0.2) is 28.1 Å². The number of rotatable bonds is 4. The van der Waals surface area contributed by atoms with Gasteiger partial charge in [-0.2, -0.15) is 0 Å². The largest absolute Gasteiger partial charge is 0.506 e. The van der Waals surface area contributed by atoms with Crippen LogP contribution in [0.4, 0.5) is 0 Å². The number of carboxylic acid groups (broad SMARTS) is 1. The molecule has 7 nitrogen and oxygen atoms in total. The molecule has 0 saturated heterocycles. The normalized spacial score (nSPS) is 12.1. The van der Waals surface area contributed by atoms with Crippen molar-refractivity contribution in [2.75, 3.05) is 0 Å². The topological polar surface area (TPSA) is 117 Å². The summed E-state index contributed by atoms with van der Waals surface area (Å²) >= 11 is 5.85. The molecule has 1 heterocycles. The predicted molar refractivity (Wildman–Crippen MR) is 82.8 cm³/mol. The standard InChI is InChI=1S/C15H14ClNO6/c1-6-8-3-10(16)11(18)5-12(8)23-15(22)9(6)4-13(19)17-7(2)14(20)21/h3,5,7,18H,4H2,1-2H3,(H,17,19)(H,20,21). The number of carbonyl (C=O) groups excluding carboxylic acids is 1. The first-order valence-corrected chi connectivity index (χ1v) is 7.05. The van der Waals surface area contributed by atoms with Gasteiger partial charge in [0.05, 0.1) is 17.0 Å². The highest BCUT2D eigenvalue weighted by atomic mass is 35.5. The van der Waals surface area contributed by atoms with Crippen LogP contribution in [0, 0.1) is 6.92 Å². The van der Waals surface area contributed by atoms with Crippen LogP contribution in [0.25, 0.3) is 11.0 Å². The molecule has 0 radical (unpaired) electrons. The number of hydrogen-bond acceptors (Lipinski definition) is 5. The summed E-state index contributed by atoms with van der Waals surface area (Å²) in [6.07, 6.45) is -0.319. The molecule has 1 atom stereocenters. The van der Waals surface area contributed by atoms with E-state index in [-0.39, 0.29) is 28.3 Å². The van der Waals surface area contributed by atoms with E-state index in [2.05, 4.69) is 5.32 Å². The Bertz CT molecular complexity index is 857. The fraction of sp³-hybridized carbons (Fsp3) is 0.267. The lowest BCUT2D eigenvalue weighted by atomic mass is 10.0. The van der Waals surface area contributed by atoms with Crippen molar-refractivity contribution in [3.05, 3.63) is 38.7 Å². The smallest absolute Gasteiger partial charge is 0.340 e. The summed E-state index contributed by atoms with van der Waals surface area (Å²) in [5.41, 5.74) is 0.0120. The Morgan fingerprint density at radius 2 is 2.04 bits per heavy atom. The van der Waals surface area contributed by atoms with Crippen molar-refractivity contribution in [1.29, 1.82) is 0 Å². The third-order valence-corrected chi connectivity index (χ3v) is 3.74. The number of phenols is 1. The number of amides is 1. The van der Waals surface area contributed by atoms with Crippen molar-refractivity contribution >= 4 is 34.4 Å². The molecule has 2 rings (SSSR count). The van der Waals surface area contributed by atoms with Crippen LogP contribution in [0.3, 0.4) is 0 Å². The maximum absolute atomic E-state index is 12.0. The van der Waals surface area contributed by atoms with Gasteiger partial charge in [-0.3, -0.25) is 9.59 Å². The summed E-state index contributed by atoms with van der Waals surface area (Å²) in [5.74, 6) is -2.01. The zero-order valence-electron chi connectivity index (χ0n) is 12.3. The van der Waals surface area contributed by atoms with Crippen LogP contribution in [-0.2, 0) is 16.0 Å². The molecule has 1 unspecified atom stereocenters. The fourth-order valence-electron chi connectivity index (χ4n) is 2.12. The van der Waals surface area contributed by atoms with Crippen molar-refractivity contribution in [2.45, 2.75) is 26.3 Å². The van der Waals surface area contributed by atoms with E-state index in [1.165, 1.54) is 19.1 Å². The second-order valence-corrected chi connectivity index (χ2v) is 5.50. The number of aliphatic carboxylic acids is 1. The van der Waals surface area contributed by atoms with Gasteiger partial charge in [-0.1, -0.05) is 11.6 Å². The molecule has 1 amide bonds. The molecule has 122 valence electrons. The van der Waals surface area contributed by atoms with E-state index >= 15 is 0 Å². The quantitative estimate of drug-likeness (QED) is 0.728. The highest BCUT2D eigenvalue weighted by Crippen LogP contribution is 2.30. The highest BCUT2D eigenvalue weighted by molar-refractivity contribution is 6.32. The van der Waals surface area contributed by atoms with E-state index in [0.717, 1.165) is 0 Å². The monoisotopic (exact) mass is 339 g/mol. The second kappa shape index (κ2) is 6.29. The lowest BCUT2D eigenvalue weighted by Gasteiger charge is -2.11. The van der Waals surface area contributed by atoms with Crippen LogP contribution < -0.4 is 10.9 Å². The molecule has 0 bridgehead atoms. The molecule has 3 N–H and O–H groups in total. The molecule has 0 saturated carbocycles. The molecule has 0 aliphatic rings. The zero-order chi connectivity index (χ0) is 17.3. The van der Waals surface area contributed by atoms with Gasteiger partial charge in [-0.25, -0.2) is 4.79 Å². The fourth-order valence-corrected chi connectivity index (χ4v) is 2.28. The van der Waals surface area contributed by atoms with Crippen molar-refractivity contribution in [3.8, 4) is 5.75 Å². The zero-order valence-corrected chi connectivity index (χ0v) is 13.1. The molecule has 1 aromatic carbocycles. The van der Waals surface area contributed by atoms with E-state index < -0.39 is 23.5 Å². The van der Waals surface area contributed by atoms with Gasteiger partial charge in [0, 0.05) is 11.5 Å². The van der Waals surface area contributed by atoms with Crippen LogP contribution in [0.2, 0.25) is 5.02 Å². The van der Waals surface area contributed by atoms with Crippen LogP contribution in [0.5, 0.6) is 5.75 Å². The number of hydrogen-bond donors (Lipinski definition) is 3. The SMILES string of the molecule is Cc1c(CC(=O)NC(C)C(=O)O)c(=O)oc2cc(O)c(Cl)cc12. The number of phenolic OH excluding ortho intramolecular Hbond substituents is 1. The van der Waals surface area contributed by atoms with Gasteiger partial charge in [0.25, 0.3) is 0 Å². The van der Waals surface area contributed by atoms with Gasteiger partial charge < -0.3 is 19.9 Å². The summed E-state index contributed by atoms with van der Waals surface area (Å²) in [4.78, 5) is 34.6. The minimum absolute atomic E-state index is 0.0874. The molecule has 1 aromatic heterocycles. The Kier molecular flexibility index (Phi) is 4.60. The van der Waals surface area contributed by atoms with Crippen LogP contribution in [0.15, 0.2) is 21.3 Å². The van der Waals surface area contributed by atoms with Gasteiger partial charge in [-0.05, 0) is 25.5 Å². The first kappa shape index (κ1) is 16.8. The van der Waals surface area contributed by atoms with Crippen molar-refractivity contribution < 1.29 is 24.2 Å². The molecule has 0 fully saturated rings. The Labute approximate surface area is 135 Å². The number of halogens is 1. The minimum atomic E-state index is -1.18. The van der Waals surface area contributed by atoms with Crippen LogP contribution in [0.1, 0.15) is 18.1 Å². The van der Waals surface area contributed by atoms with Gasteiger partial charge >= 0.3 is 11.6 Å². The number of aryl methyl sites for hydroxylation is 1. The average molecular weight is 340 g/mol. The Hall–Kier alpha value is -2.54.